The molecule has 0 aliphatic heterocycles. The molecule has 0 aliphatic rings. The second-order valence-electron chi connectivity index (χ2n) is 3.73. The van der Waals surface area contributed by atoms with Gasteiger partial charge in [-0.3, -0.25) is 5.43 Å². The third-order valence-corrected chi connectivity index (χ3v) is 3.04. The molecule has 0 saturated heterocycles. The lowest BCUT2D eigenvalue weighted by Gasteiger charge is -2.05. The van der Waals surface area contributed by atoms with Crippen LogP contribution >= 0.6 is 11.3 Å². The van der Waals surface area contributed by atoms with Crippen molar-refractivity contribution in [3.63, 3.8) is 0 Å². The Labute approximate surface area is 116 Å². The van der Waals surface area contributed by atoms with Crippen LogP contribution in [-0.2, 0) is 0 Å². The van der Waals surface area contributed by atoms with E-state index in [0.29, 0.717) is 5.13 Å². The third-order valence-electron chi connectivity index (χ3n) is 2.18. The molecule has 4 nitrogen and oxygen atoms in total. The fourth-order valence-corrected chi connectivity index (χ4v) is 2.00. The van der Waals surface area contributed by atoms with E-state index >= 15 is 0 Å². The van der Waals surface area contributed by atoms with Crippen LogP contribution in [0.2, 0.25) is 0 Å². The van der Waals surface area contributed by atoms with Gasteiger partial charge in [0.25, 0.3) is 0 Å². The van der Waals surface area contributed by atoms with Crippen LogP contribution in [0.25, 0.3) is 0 Å². The molecule has 0 saturated carbocycles. The van der Waals surface area contributed by atoms with Crippen molar-refractivity contribution in [3.05, 3.63) is 40.7 Å². The number of benzene rings is 1. The lowest BCUT2D eigenvalue weighted by Crippen LogP contribution is -2.03. The van der Waals surface area contributed by atoms with Gasteiger partial charge >= 0.3 is 6.61 Å². The summed E-state index contributed by atoms with van der Waals surface area (Å²) in [5.74, 6) is -0.722. The number of nitrogens with one attached hydrogen (secondary N) is 1. The minimum Gasteiger partial charge on any atom is -0.435 e. The van der Waals surface area contributed by atoms with Crippen molar-refractivity contribution in [2.75, 3.05) is 5.43 Å². The van der Waals surface area contributed by atoms with Crippen molar-refractivity contribution in [2.45, 2.75) is 13.5 Å². The van der Waals surface area contributed by atoms with Gasteiger partial charge in [-0.1, -0.05) is 0 Å². The molecule has 1 aromatic carbocycles. The number of nitrogens with zero attached hydrogens (tertiary/aromatic N) is 2. The van der Waals surface area contributed by atoms with E-state index in [2.05, 4.69) is 20.2 Å². The van der Waals surface area contributed by atoms with Crippen LogP contribution < -0.4 is 10.2 Å². The monoisotopic (exact) mass is 301 g/mol. The van der Waals surface area contributed by atoms with Crippen LogP contribution in [0.4, 0.5) is 18.3 Å². The highest BCUT2D eigenvalue weighted by molar-refractivity contribution is 7.13. The molecular formula is C12H10F3N3OS. The maximum Gasteiger partial charge on any atom is 0.387 e. The lowest BCUT2D eigenvalue weighted by molar-refractivity contribution is -0.0498. The first kappa shape index (κ1) is 14.3. The number of thiazole rings is 1. The van der Waals surface area contributed by atoms with Gasteiger partial charge in [0, 0.05) is 10.9 Å². The summed E-state index contributed by atoms with van der Waals surface area (Å²) in [6, 6.07) is 3.29. The van der Waals surface area contributed by atoms with Gasteiger partial charge in [-0.25, -0.2) is 9.37 Å². The summed E-state index contributed by atoms with van der Waals surface area (Å²) in [4.78, 5) is 4.10. The molecule has 2 aromatic rings. The minimum absolute atomic E-state index is 0.0314. The average molecular weight is 301 g/mol. The summed E-state index contributed by atoms with van der Waals surface area (Å²) in [7, 11) is 0. The summed E-state index contributed by atoms with van der Waals surface area (Å²) in [5.41, 5.74) is 3.49. The largest absolute Gasteiger partial charge is 0.435 e. The van der Waals surface area contributed by atoms with E-state index in [4.69, 9.17) is 0 Å². The molecule has 1 N–H and O–H groups in total. The number of anilines is 1. The van der Waals surface area contributed by atoms with Gasteiger partial charge in [0.2, 0.25) is 5.13 Å². The van der Waals surface area contributed by atoms with Crippen molar-refractivity contribution in [3.8, 4) is 5.75 Å². The summed E-state index contributed by atoms with van der Waals surface area (Å²) >= 11 is 1.35. The highest BCUT2D eigenvalue weighted by Crippen LogP contribution is 2.18. The van der Waals surface area contributed by atoms with Crippen molar-refractivity contribution < 1.29 is 17.9 Å². The van der Waals surface area contributed by atoms with E-state index in [1.807, 2.05) is 12.3 Å². The van der Waals surface area contributed by atoms with Crippen LogP contribution in [0.5, 0.6) is 5.75 Å². The number of ether oxygens (including phenoxy) is 1. The molecule has 0 amide bonds. The Morgan fingerprint density at radius 2 is 2.25 bits per heavy atom. The van der Waals surface area contributed by atoms with Crippen molar-refractivity contribution in [2.24, 2.45) is 5.10 Å². The summed E-state index contributed by atoms with van der Waals surface area (Å²) < 4.78 is 41.8. The Bertz CT molecular complexity index is 616. The molecule has 0 fully saturated rings. The second-order valence-corrected chi connectivity index (χ2v) is 4.58. The second kappa shape index (κ2) is 6.38. The smallest absolute Gasteiger partial charge is 0.387 e. The first-order valence-electron chi connectivity index (χ1n) is 5.50. The zero-order chi connectivity index (χ0) is 14.5. The molecule has 0 atom stereocenters. The SMILES string of the molecule is Cc1csc(NN=Cc2cc(OC(F)F)ccc2F)n1. The number of alkyl halides is 2. The zero-order valence-electron chi connectivity index (χ0n) is 10.3. The van der Waals surface area contributed by atoms with E-state index in [-0.39, 0.29) is 11.3 Å². The number of hydrogen-bond donors (Lipinski definition) is 1. The Hall–Kier alpha value is -2.09. The van der Waals surface area contributed by atoms with Gasteiger partial charge < -0.3 is 4.74 Å². The standard InChI is InChI=1S/C12H10F3N3OS/c1-7-6-20-12(17-7)18-16-5-8-4-9(19-11(14)15)2-3-10(8)13/h2-6,11H,1H3,(H,17,18). The van der Waals surface area contributed by atoms with Gasteiger partial charge in [-0.2, -0.15) is 13.9 Å². The Balaban J connectivity index is 2.07. The van der Waals surface area contributed by atoms with Crippen LogP contribution in [-0.4, -0.2) is 17.8 Å². The molecule has 1 aromatic heterocycles. The normalized spacial score (nSPS) is 11.2. The summed E-state index contributed by atoms with van der Waals surface area (Å²) in [6.45, 7) is -1.13. The number of aryl methyl sites for hydroxylation is 1. The molecule has 0 radical (unpaired) electrons. The number of halogens is 3. The van der Waals surface area contributed by atoms with Gasteiger partial charge in [-0.05, 0) is 25.1 Å². The minimum atomic E-state index is -2.96. The topological polar surface area (TPSA) is 46.5 Å². The van der Waals surface area contributed by atoms with Crippen molar-refractivity contribution >= 4 is 22.7 Å². The molecule has 8 heteroatoms. The highest BCUT2D eigenvalue weighted by atomic mass is 32.1. The first-order chi connectivity index (χ1) is 9.54. The fourth-order valence-electron chi connectivity index (χ4n) is 1.36. The maximum atomic E-state index is 13.5. The number of hydrazone groups is 1. The summed E-state index contributed by atoms with van der Waals surface area (Å²) in [6.07, 6.45) is 1.17. The molecule has 106 valence electrons. The Morgan fingerprint density at radius 3 is 2.90 bits per heavy atom. The van der Waals surface area contributed by atoms with Crippen molar-refractivity contribution in [1.82, 2.24) is 4.98 Å². The predicted octanol–water partition coefficient (Wildman–Crippen LogP) is 3.64. The quantitative estimate of drug-likeness (QED) is 0.677. The lowest BCUT2D eigenvalue weighted by atomic mass is 10.2. The molecule has 0 bridgehead atoms. The van der Waals surface area contributed by atoms with Crippen LogP contribution in [0.3, 0.4) is 0 Å². The Kier molecular flexibility index (Phi) is 4.57. The van der Waals surface area contributed by atoms with Gasteiger partial charge in [0.15, 0.2) is 0 Å². The zero-order valence-corrected chi connectivity index (χ0v) is 11.1. The molecule has 0 aliphatic carbocycles. The fraction of sp³-hybridized carbons (Fsp3) is 0.167. The van der Waals surface area contributed by atoms with E-state index in [0.717, 1.165) is 23.9 Å². The molecule has 1 heterocycles. The average Bonchev–Trinajstić information content (AvgIpc) is 2.78. The molecule has 0 spiro atoms. The number of rotatable bonds is 5. The van der Waals surface area contributed by atoms with Gasteiger partial charge in [-0.15, -0.1) is 11.3 Å². The third kappa shape index (κ3) is 3.95. The molecular weight excluding hydrogens is 291 g/mol. The van der Waals surface area contributed by atoms with Gasteiger partial charge in [0.1, 0.15) is 11.6 Å². The van der Waals surface area contributed by atoms with E-state index in [1.165, 1.54) is 17.6 Å². The molecule has 2 rings (SSSR count). The van der Waals surface area contributed by atoms with Gasteiger partial charge in [0.05, 0.1) is 11.9 Å². The predicted molar refractivity (Wildman–Crippen MR) is 71.1 cm³/mol. The van der Waals surface area contributed by atoms with Crippen molar-refractivity contribution in [1.29, 1.82) is 0 Å². The van der Waals surface area contributed by atoms with E-state index in [9.17, 15) is 13.2 Å². The first-order valence-corrected chi connectivity index (χ1v) is 6.38. The Morgan fingerprint density at radius 1 is 1.45 bits per heavy atom. The van der Waals surface area contributed by atoms with E-state index < -0.39 is 12.4 Å². The number of hydrogen-bond acceptors (Lipinski definition) is 5. The molecule has 0 unspecified atom stereocenters. The van der Waals surface area contributed by atoms with E-state index in [1.54, 1.807) is 0 Å². The number of aromatic nitrogens is 1. The van der Waals surface area contributed by atoms with Crippen LogP contribution in [0.1, 0.15) is 11.3 Å². The highest BCUT2D eigenvalue weighted by Gasteiger charge is 2.07. The van der Waals surface area contributed by atoms with Crippen LogP contribution in [0.15, 0.2) is 28.7 Å². The maximum absolute atomic E-state index is 13.5. The van der Waals surface area contributed by atoms with Crippen LogP contribution in [0, 0.1) is 12.7 Å². The molecule has 20 heavy (non-hydrogen) atoms. The summed E-state index contributed by atoms with van der Waals surface area (Å²) in [5, 5.41) is 6.18.